The molecule has 8 heteroatoms. The highest BCUT2D eigenvalue weighted by atomic mass is 35.5. The maximum Gasteiger partial charge on any atom is 0.339 e. The van der Waals surface area contributed by atoms with Crippen molar-refractivity contribution in [1.82, 2.24) is 4.98 Å². The van der Waals surface area contributed by atoms with Crippen molar-refractivity contribution in [2.24, 2.45) is 0 Å². The Morgan fingerprint density at radius 2 is 2.10 bits per heavy atom. The van der Waals surface area contributed by atoms with Crippen molar-refractivity contribution in [2.45, 2.75) is 0 Å². The van der Waals surface area contributed by atoms with Crippen molar-refractivity contribution in [3.63, 3.8) is 0 Å². The molecule has 0 unspecified atom stereocenters. The Bertz CT molecular complexity index is 689. The van der Waals surface area contributed by atoms with Crippen molar-refractivity contribution in [3.8, 4) is 11.5 Å². The van der Waals surface area contributed by atoms with Crippen LogP contribution in [0.2, 0.25) is 5.02 Å². The maximum atomic E-state index is 11.1. The third kappa shape index (κ3) is 2.83. The molecule has 20 heavy (non-hydrogen) atoms. The molecular formula is C12H7ClN2O5. The van der Waals surface area contributed by atoms with Gasteiger partial charge in [0.05, 0.1) is 4.92 Å². The van der Waals surface area contributed by atoms with Crippen LogP contribution in [0, 0.1) is 10.1 Å². The van der Waals surface area contributed by atoms with E-state index in [1.165, 1.54) is 30.5 Å². The van der Waals surface area contributed by atoms with E-state index < -0.39 is 10.9 Å². The first-order valence-electron chi connectivity index (χ1n) is 5.28. The Labute approximate surface area is 117 Å². The summed E-state index contributed by atoms with van der Waals surface area (Å²) in [5.41, 5.74) is -0.553. The average molecular weight is 295 g/mol. The molecule has 0 saturated heterocycles. The number of pyridine rings is 1. The summed E-state index contributed by atoms with van der Waals surface area (Å²) >= 11 is 5.71. The maximum absolute atomic E-state index is 11.1. The van der Waals surface area contributed by atoms with Gasteiger partial charge in [0.1, 0.15) is 17.5 Å². The highest BCUT2D eigenvalue weighted by Gasteiger charge is 2.19. The number of hydrogen-bond acceptors (Lipinski definition) is 5. The molecule has 0 spiro atoms. The number of benzene rings is 1. The van der Waals surface area contributed by atoms with E-state index in [0.29, 0.717) is 0 Å². The molecule has 102 valence electrons. The molecule has 0 saturated carbocycles. The number of aromatic carboxylic acids is 1. The first kappa shape index (κ1) is 13.8. The smallest absolute Gasteiger partial charge is 0.339 e. The van der Waals surface area contributed by atoms with Crippen LogP contribution in [0.5, 0.6) is 11.5 Å². The molecule has 0 atom stereocenters. The summed E-state index contributed by atoms with van der Waals surface area (Å²) < 4.78 is 5.30. The normalized spacial score (nSPS) is 10.1. The van der Waals surface area contributed by atoms with Crippen LogP contribution >= 0.6 is 11.6 Å². The van der Waals surface area contributed by atoms with Gasteiger partial charge in [0, 0.05) is 17.3 Å². The van der Waals surface area contributed by atoms with Gasteiger partial charge in [-0.15, -0.1) is 0 Å². The fraction of sp³-hybridized carbons (Fsp3) is 0. The van der Waals surface area contributed by atoms with E-state index in [1.54, 1.807) is 0 Å². The molecule has 1 N–H and O–H groups in total. The fourth-order valence-corrected chi connectivity index (χ4v) is 1.65. The Balaban J connectivity index is 2.45. The quantitative estimate of drug-likeness (QED) is 0.686. The standard InChI is InChI=1S/C12H7ClN2O5/c13-7-1-2-10(8(5-7)12(16)17)20-11-3-4-14-6-9(11)15(18)19/h1-6H,(H,16,17). The van der Waals surface area contributed by atoms with Crippen molar-refractivity contribution in [3.05, 3.63) is 57.4 Å². The largest absolute Gasteiger partial charge is 0.478 e. The Kier molecular flexibility index (Phi) is 3.81. The van der Waals surface area contributed by atoms with E-state index in [9.17, 15) is 14.9 Å². The van der Waals surface area contributed by atoms with Crippen LogP contribution in [0.1, 0.15) is 10.4 Å². The third-order valence-corrected chi connectivity index (χ3v) is 2.58. The number of carbonyl (C=O) groups is 1. The van der Waals surface area contributed by atoms with Gasteiger partial charge in [0.15, 0.2) is 0 Å². The number of ether oxygens (including phenoxy) is 1. The van der Waals surface area contributed by atoms with Gasteiger partial charge in [-0.2, -0.15) is 0 Å². The summed E-state index contributed by atoms with van der Waals surface area (Å²) in [7, 11) is 0. The van der Waals surface area contributed by atoms with E-state index in [4.69, 9.17) is 21.4 Å². The first-order valence-corrected chi connectivity index (χ1v) is 5.66. The molecule has 1 heterocycles. The lowest BCUT2D eigenvalue weighted by molar-refractivity contribution is -0.386. The van der Waals surface area contributed by atoms with Gasteiger partial charge in [0.25, 0.3) is 0 Å². The van der Waals surface area contributed by atoms with Crippen molar-refractivity contribution >= 4 is 23.3 Å². The van der Waals surface area contributed by atoms with E-state index >= 15 is 0 Å². The molecule has 0 radical (unpaired) electrons. The zero-order chi connectivity index (χ0) is 14.7. The van der Waals surface area contributed by atoms with Crippen molar-refractivity contribution in [1.29, 1.82) is 0 Å². The number of nitro groups is 1. The predicted molar refractivity (Wildman–Crippen MR) is 69.4 cm³/mol. The number of nitrogens with zero attached hydrogens (tertiary/aromatic N) is 2. The molecule has 1 aromatic carbocycles. The highest BCUT2D eigenvalue weighted by Crippen LogP contribution is 2.33. The average Bonchev–Trinajstić information content (AvgIpc) is 2.41. The number of hydrogen-bond donors (Lipinski definition) is 1. The second-order valence-electron chi connectivity index (χ2n) is 3.65. The number of rotatable bonds is 4. The van der Waals surface area contributed by atoms with E-state index in [0.717, 1.165) is 6.20 Å². The third-order valence-electron chi connectivity index (χ3n) is 2.35. The zero-order valence-electron chi connectivity index (χ0n) is 9.82. The highest BCUT2D eigenvalue weighted by molar-refractivity contribution is 6.31. The van der Waals surface area contributed by atoms with Crippen LogP contribution in [0.4, 0.5) is 5.69 Å². The lowest BCUT2D eigenvalue weighted by Gasteiger charge is -2.08. The van der Waals surface area contributed by atoms with Gasteiger partial charge in [-0.3, -0.25) is 15.1 Å². The van der Waals surface area contributed by atoms with Crippen LogP contribution in [0.3, 0.4) is 0 Å². The van der Waals surface area contributed by atoms with Crippen LogP contribution in [0.15, 0.2) is 36.7 Å². The Hall–Kier alpha value is -2.67. The molecule has 0 amide bonds. The van der Waals surface area contributed by atoms with E-state index in [2.05, 4.69) is 4.98 Å². The van der Waals surface area contributed by atoms with Gasteiger partial charge < -0.3 is 9.84 Å². The van der Waals surface area contributed by atoms with Gasteiger partial charge in [-0.1, -0.05) is 11.6 Å². The minimum Gasteiger partial charge on any atom is -0.478 e. The van der Waals surface area contributed by atoms with Crippen molar-refractivity contribution < 1.29 is 19.6 Å². The monoisotopic (exact) mass is 294 g/mol. The lowest BCUT2D eigenvalue weighted by atomic mass is 10.2. The minimum absolute atomic E-state index is 0.0452. The zero-order valence-corrected chi connectivity index (χ0v) is 10.6. The van der Waals surface area contributed by atoms with E-state index in [1.807, 2.05) is 0 Å². The molecule has 0 aliphatic carbocycles. The summed E-state index contributed by atoms with van der Waals surface area (Å²) in [4.78, 5) is 24.9. The number of carboxylic acids is 1. The van der Waals surface area contributed by atoms with Crippen LogP contribution in [-0.4, -0.2) is 21.0 Å². The van der Waals surface area contributed by atoms with Crippen LogP contribution in [-0.2, 0) is 0 Å². The summed E-state index contributed by atoms with van der Waals surface area (Å²) in [6.07, 6.45) is 2.32. The van der Waals surface area contributed by atoms with Gasteiger partial charge in [0.2, 0.25) is 5.75 Å². The summed E-state index contributed by atoms with van der Waals surface area (Å²) in [5, 5.41) is 20.1. The predicted octanol–water partition coefficient (Wildman–Crippen LogP) is 3.13. The molecule has 1 aromatic heterocycles. The summed E-state index contributed by atoms with van der Waals surface area (Å²) in [5.74, 6) is -1.40. The number of carboxylic acid groups (broad SMARTS) is 1. The molecule has 0 aliphatic rings. The van der Waals surface area contributed by atoms with Crippen LogP contribution in [0.25, 0.3) is 0 Å². The van der Waals surface area contributed by atoms with Crippen molar-refractivity contribution in [2.75, 3.05) is 0 Å². The van der Waals surface area contributed by atoms with Crippen LogP contribution < -0.4 is 4.74 Å². The summed E-state index contributed by atoms with van der Waals surface area (Å²) in [6, 6.07) is 5.23. The first-order chi connectivity index (χ1) is 9.49. The fourth-order valence-electron chi connectivity index (χ4n) is 1.47. The topological polar surface area (TPSA) is 103 Å². The Morgan fingerprint density at radius 1 is 1.35 bits per heavy atom. The molecule has 2 aromatic rings. The molecule has 0 aliphatic heterocycles. The molecule has 0 fully saturated rings. The summed E-state index contributed by atoms with van der Waals surface area (Å²) in [6.45, 7) is 0. The SMILES string of the molecule is O=C(O)c1cc(Cl)ccc1Oc1ccncc1[N+](=O)[O-]. The van der Waals surface area contributed by atoms with Gasteiger partial charge in [-0.05, 0) is 18.2 Å². The molecule has 7 nitrogen and oxygen atoms in total. The molecule has 0 bridgehead atoms. The minimum atomic E-state index is -1.25. The van der Waals surface area contributed by atoms with Gasteiger partial charge >= 0.3 is 11.7 Å². The second-order valence-corrected chi connectivity index (χ2v) is 4.08. The van der Waals surface area contributed by atoms with Gasteiger partial charge in [-0.25, -0.2) is 4.79 Å². The number of aromatic nitrogens is 1. The number of halogens is 1. The second kappa shape index (κ2) is 5.54. The Morgan fingerprint density at radius 3 is 2.75 bits per heavy atom. The molecule has 2 rings (SSSR count). The van der Waals surface area contributed by atoms with E-state index in [-0.39, 0.29) is 27.8 Å². The molecular weight excluding hydrogens is 288 g/mol. The lowest BCUT2D eigenvalue weighted by Crippen LogP contribution is -2.01.